The number of hydrogen-bond donors (Lipinski definition) is 1. The van der Waals surface area contributed by atoms with Gasteiger partial charge in [-0.25, -0.2) is 4.39 Å². The molecule has 2 nitrogen and oxygen atoms in total. The molecule has 0 saturated heterocycles. The van der Waals surface area contributed by atoms with E-state index in [-0.39, 0.29) is 17.2 Å². The van der Waals surface area contributed by atoms with Gasteiger partial charge in [0.05, 0.1) is 17.7 Å². The summed E-state index contributed by atoms with van der Waals surface area (Å²) in [6.45, 7) is 7.09. The van der Waals surface area contributed by atoms with Gasteiger partial charge in [-0.15, -0.1) is 0 Å². The van der Waals surface area contributed by atoms with E-state index in [4.69, 9.17) is 27.9 Å². The Morgan fingerprint density at radius 1 is 1.28 bits per heavy atom. The predicted molar refractivity (Wildman–Crippen MR) is 73.9 cm³/mol. The highest BCUT2D eigenvalue weighted by Crippen LogP contribution is 2.32. The molecule has 1 aromatic rings. The maximum atomic E-state index is 13.4. The van der Waals surface area contributed by atoms with Crippen LogP contribution in [0.1, 0.15) is 32.4 Å². The van der Waals surface area contributed by atoms with Gasteiger partial charge in [-0.2, -0.15) is 0 Å². The topological polar surface area (TPSA) is 21.3 Å². The van der Waals surface area contributed by atoms with Crippen LogP contribution in [-0.2, 0) is 4.74 Å². The maximum Gasteiger partial charge on any atom is 0.142 e. The van der Waals surface area contributed by atoms with Gasteiger partial charge in [0.15, 0.2) is 0 Å². The van der Waals surface area contributed by atoms with Crippen molar-refractivity contribution in [3.05, 3.63) is 33.6 Å². The zero-order chi connectivity index (χ0) is 13.7. The summed E-state index contributed by atoms with van der Waals surface area (Å²) in [6, 6.07) is 2.65. The molecule has 1 rings (SSSR count). The fourth-order valence-electron chi connectivity index (χ4n) is 1.61. The summed E-state index contributed by atoms with van der Waals surface area (Å²) in [7, 11) is 0. The van der Waals surface area contributed by atoms with Crippen LogP contribution in [0, 0.1) is 5.82 Å². The van der Waals surface area contributed by atoms with Crippen molar-refractivity contribution in [1.82, 2.24) is 5.32 Å². The zero-order valence-electron chi connectivity index (χ0n) is 10.8. The van der Waals surface area contributed by atoms with Crippen LogP contribution in [0.3, 0.4) is 0 Å². The molecule has 0 spiro atoms. The standard InChI is InChI=1S/C13H18Cl2FNO/c1-8(2)18-7-6-17-9(3)12-10(14)4-5-11(16)13(12)15/h4-5,8-9,17H,6-7H2,1-3H3. The Balaban J connectivity index is 2.61. The number of benzene rings is 1. The van der Waals surface area contributed by atoms with Gasteiger partial charge < -0.3 is 10.1 Å². The smallest absolute Gasteiger partial charge is 0.142 e. The number of hydrogen-bond acceptors (Lipinski definition) is 2. The molecule has 1 atom stereocenters. The summed E-state index contributed by atoms with van der Waals surface area (Å²) in [5.41, 5.74) is 0.586. The van der Waals surface area contributed by atoms with Gasteiger partial charge in [-0.1, -0.05) is 23.2 Å². The molecular formula is C13H18Cl2FNO. The second kappa shape index (κ2) is 7.29. The highest BCUT2D eigenvalue weighted by atomic mass is 35.5. The van der Waals surface area contributed by atoms with E-state index in [0.29, 0.717) is 23.7 Å². The number of nitrogens with one attached hydrogen (secondary N) is 1. The molecule has 0 aromatic heterocycles. The van der Waals surface area contributed by atoms with Crippen molar-refractivity contribution in [2.24, 2.45) is 0 Å². The van der Waals surface area contributed by atoms with Crippen LogP contribution in [0.15, 0.2) is 12.1 Å². The van der Waals surface area contributed by atoms with Crippen LogP contribution in [0.4, 0.5) is 4.39 Å². The summed E-state index contributed by atoms with van der Waals surface area (Å²) in [4.78, 5) is 0. The lowest BCUT2D eigenvalue weighted by atomic mass is 10.1. The first-order chi connectivity index (χ1) is 8.43. The van der Waals surface area contributed by atoms with E-state index in [1.165, 1.54) is 12.1 Å². The van der Waals surface area contributed by atoms with E-state index in [1.54, 1.807) is 0 Å². The molecular weight excluding hydrogens is 276 g/mol. The Labute approximate surface area is 117 Å². The van der Waals surface area contributed by atoms with Crippen LogP contribution in [0.2, 0.25) is 10.0 Å². The lowest BCUT2D eigenvalue weighted by Crippen LogP contribution is -2.25. The summed E-state index contributed by atoms with van der Waals surface area (Å²) >= 11 is 12.0. The Morgan fingerprint density at radius 2 is 1.94 bits per heavy atom. The van der Waals surface area contributed by atoms with E-state index in [2.05, 4.69) is 5.32 Å². The fourth-order valence-corrected chi connectivity index (χ4v) is 2.31. The first kappa shape index (κ1) is 15.7. The van der Waals surface area contributed by atoms with Crippen molar-refractivity contribution in [2.75, 3.05) is 13.2 Å². The van der Waals surface area contributed by atoms with Crippen molar-refractivity contribution >= 4 is 23.2 Å². The van der Waals surface area contributed by atoms with Crippen molar-refractivity contribution in [3.8, 4) is 0 Å². The van der Waals surface area contributed by atoms with Gasteiger partial charge in [-0.3, -0.25) is 0 Å². The van der Waals surface area contributed by atoms with Crippen LogP contribution < -0.4 is 5.32 Å². The molecule has 0 amide bonds. The minimum absolute atomic E-state index is 0.0762. The third-order valence-corrected chi connectivity index (χ3v) is 3.23. The highest BCUT2D eigenvalue weighted by molar-refractivity contribution is 6.36. The third-order valence-electron chi connectivity index (χ3n) is 2.52. The monoisotopic (exact) mass is 293 g/mol. The highest BCUT2D eigenvalue weighted by Gasteiger charge is 2.16. The molecule has 18 heavy (non-hydrogen) atoms. The second-order valence-corrected chi connectivity index (χ2v) is 5.14. The maximum absolute atomic E-state index is 13.4. The Morgan fingerprint density at radius 3 is 2.56 bits per heavy atom. The van der Waals surface area contributed by atoms with E-state index < -0.39 is 5.82 Å². The lowest BCUT2D eigenvalue weighted by Gasteiger charge is -2.18. The second-order valence-electron chi connectivity index (χ2n) is 4.35. The molecule has 1 aromatic carbocycles. The molecule has 0 aliphatic heterocycles. The zero-order valence-corrected chi connectivity index (χ0v) is 12.3. The minimum atomic E-state index is -0.455. The van der Waals surface area contributed by atoms with E-state index in [9.17, 15) is 4.39 Å². The lowest BCUT2D eigenvalue weighted by molar-refractivity contribution is 0.0796. The molecule has 1 unspecified atom stereocenters. The van der Waals surface area contributed by atoms with Crippen LogP contribution in [-0.4, -0.2) is 19.3 Å². The molecule has 5 heteroatoms. The predicted octanol–water partition coefficient (Wildman–Crippen LogP) is 4.21. The Hall–Kier alpha value is -0.350. The van der Waals surface area contributed by atoms with Crippen molar-refractivity contribution in [1.29, 1.82) is 0 Å². The molecule has 1 N–H and O–H groups in total. The largest absolute Gasteiger partial charge is 0.377 e. The number of ether oxygens (including phenoxy) is 1. The van der Waals surface area contributed by atoms with Crippen LogP contribution >= 0.6 is 23.2 Å². The summed E-state index contributed by atoms with van der Waals surface area (Å²) in [5, 5.41) is 3.74. The molecule has 0 saturated carbocycles. The van der Waals surface area contributed by atoms with Gasteiger partial charge in [0, 0.05) is 23.2 Å². The fraction of sp³-hybridized carbons (Fsp3) is 0.538. The Bertz CT molecular complexity index is 399. The van der Waals surface area contributed by atoms with E-state index in [1.807, 2.05) is 20.8 Å². The third kappa shape index (κ3) is 4.39. The van der Waals surface area contributed by atoms with E-state index in [0.717, 1.165) is 0 Å². The summed E-state index contributed by atoms with van der Waals surface area (Å²) in [5.74, 6) is -0.455. The SMILES string of the molecule is CC(C)OCCNC(C)c1c(Cl)ccc(F)c1Cl. The van der Waals surface area contributed by atoms with Crippen molar-refractivity contribution in [3.63, 3.8) is 0 Å². The van der Waals surface area contributed by atoms with Gasteiger partial charge in [0.25, 0.3) is 0 Å². The quantitative estimate of drug-likeness (QED) is 0.627. The first-order valence-corrected chi connectivity index (χ1v) is 6.67. The van der Waals surface area contributed by atoms with Crippen LogP contribution in [0.25, 0.3) is 0 Å². The van der Waals surface area contributed by atoms with Gasteiger partial charge in [0.1, 0.15) is 5.82 Å². The first-order valence-electron chi connectivity index (χ1n) is 5.91. The summed E-state index contributed by atoms with van der Waals surface area (Å²) in [6.07, 6.45) is 0.198. The van der Waals surface area contributed by atoms with Gasteiger partial charge in [0.2, 0.25) is 0 Å². The van der Waals surface area contributed by atoms with Gasteiger partial charge in [-0.05, 0) is 32.9 Å². The number of rotatable bonds is 6. The minimum Gasteiger partial charge on any atom is -0.377 e. The Kier molecular flexibility index (Phi) is 6.36. The summed E-state index contributed by atoms with van der Waals surface area (Å²) < 4.78 is 18.8. The molecule has 0 aliphatic carbocycles. The normalized spacial score (nSPS) is 13.1. The van der Waals surface area contributed by atoms with Crippen molar-refractivity contribution in [2.45, 2.75) is 32.9 Å². The van der Waals surface area contributed by atoms with Gasteiger partial charge >= 0.3 is 0 Å². The number of halogens is 3. The van der Waals surface area contributed by atoms with Crippen LogP contribution in [0.5, 0.6) is 0 Å². The molecule has 0 bridgehead atoms. The molecule has 0 aliphatic rings. The average molecular weight is 294 g/mol. The van der Waals surface area contributed by atoms with E-state index >= 15 is 0 Å². The molecule has 0 heterocycles. The molecule has 102 valence electrons. The molecule has 0 fully saturated rings. The molecule has 0 radical (unpaired) electrons. The van der Waals surface area contributed by atoms with Crippen molar-refractivity contribution < 1.29 is 9.13 Å². The average Bonchev–Trinajstić information content (AvgIpc) is 2.30.